The maximum Gasteiger partial charge on any atom is 0.264 e. The van der Waals surface area contributed by atoms with Gasteiger partial charge >= 0.3 is 0 Å². The molecule has 0 spiro atoms. The average Bonchev–Trinajstić information content (AvgIpc) is 2.75. The van der Waals surface area contributed by atoms with Crippen molar-refractivity contribution >= 4 is 40.7 Å². The molecule has 3 rings (SSSR count). The number of benzene rings is 2. The summed E-state index contributed by atoms with van der Waals surface area (Å²) in [6.45, 7) is 8.13. The normalized spacial score (nSPS) is 19.1. The molecule has 2 aromatic rings. The van der Waals surface area contributed by atoms with Crippen molar-refractivity contribution in [2.45, 2.75) is 52.4 Å². The molecule has 1 aliphatic heterocycles. The Balaban J connectivity index is 1.89. The highest BCUT2D eigenvalue weighted by atomic mass is 35.5. The predicted molar refractivity (Wildman–Crippen MR) is 122 cm³/mol. The first kappa shape index (κ1) is 22.6. The van der Waals surface area contributed by atoms with E-state index in [1.807, 2.05) is 38.1 Å². The molecule has 5 nitrogen and oxygen atoms in total. The molecule has 160 valence electrons. The SMILES string of the molecule is CC(C)C1NC(NC(=O)Cc2cc(Cl)cc(Cl)c2)C(=O)N(C(C)C)c2ccccc21. The largest absolute Gasteiger partial charge is 0.332 e. The molecule has 2 atom stereocenters. The van der Waals surface area contributed by atoms with Gasteiger partial charge in [0.2, 0.25) is 5.91 Å². The van der Waals surface area contributed by atoms with Crippen LogP contribution in [0.1, 0.15) is 44.9 Å². The molecule has 1 heterocycles. The van der Waals surface area contributed by atoms with Crippen molar-refractivity contribution in [3.05, 3.63) is 63.6 Å². The van der Waals surface area contributed by atoms with Gasteiger partial charge in [-0.3, -0.25) is 14.9 Å². The fourth-order valence-electron chi connectivity index (χ4n) is 3.87. The summed E-state index contributed by atoms with van der Waals surface area (Å²) in [6.07, 6.45) is -0.762. The van der Waals surface area contributed by atoms with E-state index in [1.165, 1.54) is 0 Å². The lowest BCUT2D eigenvalue weighted by atomic mass is 9.94. The van der Waals surface area contributed by atoms with Crippen molar-refractivity contribution in [2.75, 3.05) is 4.90 Å². The number of anilines is 1. The molecule has 2 unspecified atom stereocenters. The monoisotopic (exact) mass is 447 g/mol. The van der Waals surface area contributed by atoms with Crippen molar-refractivity contribution in [3.63, 3.8) is 0 Å². The van der Waals surface area contributed by atoms with Crippen molar-refractivity contribution in [1.29, 1.82) is 0 Å². The van der Waals surface area contributed by atoms with E-state index in [2.05, 4.69) is 24.5 Å². The molecular formula is C23H27Cl2N3O2. The van der Waals surface area contributed by atoms with Gasteiger partial charge in [0.15, 0.2) is 6.17 Å². The molecular weight excluding hydrogens is 421 g/mol. The summed E-state index contributed by atoms with van der Waals surface area (Å²) in [5.74, 6) is -0.244. The van der Waals surface area contributed by atoms with Crippen LogP contribution in [0.15, 0.2) is 42.5 Å². The minimum absolute atomic E-state index is 0.0579. The number of amides is 2. The van der Waals surface area contributed by atoms with E-state index < -0.39 is 6.17 Å². The van der Waals surface area contributed by atoms with E-state index in [-0.39, 0.29) is 36.2 Å². The molecule has 1 aliphatic rings. The van der Waals surface area contributed by atoms with E-state index >= 15 is 0 Å². The van der Waals surface area contributed by atoms with Crippen LogP contribution in [0, 0.1) is 5.92 Å². The summed E-state index contributed by atoms with van der Waals surface area (Å²) >= 11 is 12.1. The van der Waals surface area contributed by atoms with Crippen LogP contribution in [0.2, 0.25) is 10.0 Å². The summed E-state index contributed by atoms with van der Waals surface area (Å²) in [6, 6.07) is 12.8. The number of carbonyl (C=O) groups excluding carboxylic acids is 2. The van der Waals surface area contributed by atoms with Crippen LogP contribution in [-0.4, -0.2) is 24.0 Å². The summed E-state index contributed by atoms with van der Waals surface area (Å²) in [7, 11) is 0. The highest BCUT2D eigenvalue weighted by Gasteiger charge is 2.37. The fourth-order valence-corrected chi connectivity index (χ4v) is 4.44. The van der Waals surface area contributed by atoms with E-state index in [0.717, 1.165) is 11.3 Å². The molecule has 0 bridgehead atoms. The Morgan fingerprint density at radius 3 is 2.33 bits per heavy atom. The number of halogens is 2. The van der Waals surface area contributed by atoms with Crippen molar-refractivity contribution < 1.29 is 9.59 Å². The lowest BCUT2D eigenvalue weighted by Crippen LogP contribution is -2.57. The van der Waals surface area contributed by atoms with E-state index in [9.17, 15) is 9.59 Å². The zero-order valence-corrected chi connectivity index (χ0v) is 19.1. The van der Waals surface area contributed by atoms with Gasteiger partial charge in [-0.15, -0.1) is 0 Å². The van der Waals surface area contributed by atoms with Crippen molar-refractivity contribution in [2.24, 2.45) is 5.92 Å². The molecule has 2 aromatic carbocycles. The number of fused-ring (bicyclic) bond motifs is 1. The van der Waals surface area contributed by atoms with Crippen molar-refractivity contribution in [1.82, 2.24) is 10.6 Å². The number of nitrogens with one attached hydrogen (secondary N) is 2. The summed E-state index contributed by atoms with van der Waals surface area (Å²) in [4.78, 5) is 28.0. The van der Waals surface area contributed by atoms with Crippen LogP contribution in [-0.2, 0) is 16.0 Å². The third kappa shape index (κ3) is 4.97. The van der Waals surface area contributed by atoms with Crippen LogP contribution < -0.4 is 15.5 Å². The van der Waals surface area contributed by atoms with Gasteiger partial charge in [0.05, 0.1) is 6.42 Å². The van der Waals surface area contributed by atoms with Gasteiger partial charge < -0.3 is 10.2 Å². The van der Waals surface area contributed by atoms with Crippen molar-refractivity contribution in [3.8, 4) is 0 Å². The second-order valence-corrected chi connectivity index (χ2v) is 9.08. The lowest BCUT2D eigenvalue weighted by Gasteiger charge is -2.29. The van der Waals surface area contributed by atoms with Gasteiger partial charge in [-0.05, 0) is 55.2 Å². The zero-order chi connectivity index (χ0) is 22.0. The average molecular weight is 448 g/mol. The van der Waals surface area contributed by atoms with Gasteiger partial charge in [-0.25, -0.2) is 0 Å². The number of carbonyl (C=O) groups is 2. The molecule has 0 saturated heterocycles. The summed E-state index contributed by atoms with van der Waals surface area (Å²) in [5, 5.41) is 7.18. The number of nitrogens with zero attached hydrogens (tertiary/aromatic N) is 1. The molecule has 2 amide bonds. The molecule has 0 saturated carbocycles. The maximum atomic E-state index is 13.4. The van der Waals surface area contributed by atoms with Crippen LogP contribution in [0.5, 0.6) is 0 Å². The molecule has 0 aliphatic carbocycles. The second kappa shape index (κ2) is 9.38. The smallest absolute Gasteiger partial charge is 0.264 e. The molecule has 7 heteroatoms. The summed E-state index contributed by atoms with van der Waals surface area (Å²) in [5.41, 5.74) is 2.62. The van der Waals surface area contributed by atoms with E-state index in [4.69, 9.17) is 23.2 Å². The molecule has 2 N–H and O–H groups in total. The second-order valence-electron chi connectivity index (χ2n) is 8.20. The van der Waals surface area contributed by atoms with Gasteiger partial charge in [0, 0.05) is 27.8 Å². The third-order valence-electron chi connectivity index (χ3n) is 5.14. The Morgan fingerprint density at radius 2 is 1.73 bits per heavy atom. The highest BCUT2D eigenvalue weighted by molar-refractivity contribution is 6.34. The lowest BCUT2D eigenvalue weighted by molar-refractivity contribution is -0.128. The molecule has 30 heavy (non-hydrogen) atoms. The maximum absolute atomic E-state index is 13.4. The Morgan fingerprint density at radius 1 is 1.10 bits per heavy atom. The van der Waals surface area contributed by atoms with Crippen LogP contribution in [0.25, 0.3) is 0 Å². The first-order chi connectivity index (χ1) is 14.2. The first-order valence-electron chi connectivity index (χ1n) is 10.1. The Hall–Kier alpha value is -2.08. The standard InChI is InChI=1S/C23H27Cl2N3O2/c1-13(2)21-18-7-5-6-8-19(18)28(14(3)4)23(30)22(27-21)26-20(29)11-15-9-16(24)12-17(25)10-15/h5-10,12-14,21-22,27H,11H2,1-4H3,(H,26,29). The van der Waals surface area contributed by atoms with Crippen LogP contribution in [0.4, 0.5) is 5.69 Å². The minimum atomic E-state index is -0.839. The fraction of sp³-hybridized carbons (Fsp3) is 0.391. The molecule has 0 fully saturated rings. The van der Waals surface area contributed by atoms with Gasteiger partial charge in [0.25, 0.3) is 5.91 Å². The Labute approximate surface area is 187 Å². The van der Waals surface area contributed by atoms with Gasteiger partial charge in [0.1, 0.15) is 0 Å². The van der Waals surface area contributed by atoms with E-state index in [0.29, 0.717) is 15.6 Å². The molecule has 0 aromatic heterocycles. The predicted octanol–water partition coefficient (Wildman–Crippen LogP) is 4.72. The van der Waals surface area contributed by atoms with Gasteiger partial charge in [-0.1, -0.05) is 55.2 Å². The number of hydrogen-bond acceptors (Lipinski definition) is 3. The Kier molecular flexibility index (Phi) is 7.06. The van der Waals surface area contributed by atoms with Gasteiger partial charge in [-0.2, -0.15) is 0 Å². The number of rotatable bonds is 5. The molecule has 0 radical (unpaired) electrons. The highest BCUT2D eigenvalue weighted by Crippen LogP contribution is 2.35. The summed E-state index contributed by atoms with van der Waals surface area (Å²) < 4.78 is 0. The van der Waals surface area contributed by atoms with E-state index in [1.54, 1.807) is 23.1 Å². The third-order valence-corrected chi connectivity index (χ3v) is 5.57. The Bertz CT molecular complexity index is 926. The van der Waals surface area contributed by atoms with Crippen LogP contribution >= 0.6 is 23.2 Å². The quantitative estimate of drug-likeness (QED) is 0.696. The minimum Gasteiger partial charge on any atom is -0.332 e. The first-order valence-corrected chi connectivity index (χ1v) is 10.9. The topological polar surface area (TPSA) is 61.4 Å². The van der Waals surface area contributed by atoms with Crippen LogP contribution in [0.3, 0.4) is 0 Å². The number of hydrogen-bond donors (Lipinski definition) is 2. The number of para-hydroxylation sites is 1. The zero-order valence-electron chi connectivity index (χ0n) is 17.6.